The van der Waals surface area contributed by atoms with Gasteiger partial charge in [-0.05, 0) is 58.0 Å². The highest BCUT2D eigenvalue weighted by Crippen LogP contribution is 2.31. The predicted molar refractivity (Wildman–Crippen MR) is 86.2 cm³/mol. The third kappa shape index (κ3) is 3.34. The van der Waals surface area contributed by atoms with E-state index in [0.29, 0.717) is 21.4 Å². The number of methoxy groups -OCH3 is 1. The van der Waals surface area contributed by atoms with Crippen LogP contribution in [0.4, 0.5) is 0 Å². The van der Waals surface area contributed by atoms with Gasteiger partial charge in [0.05, 0.1) is 17.2 Å². The molecule has 0 aromatic heterocycles. The summed E-state index contributed by atoms with van der Waals surface area (Å²) in [6.07, 6.45) is -0.766. The number of hydrogen-bond donors (Lipinski definition) is 1. The summed E-state index contributed by atoms with van der Waals surface area (Å²) in [6.45, 7) is 0. The quantitative estimate of drug-likeness (QED) is 0.746. The lowest BCUT2D eigenvalue weighted by molar-refractivity contribution is 0.220. The SMILES string of the molecule is COc1ccc(C(O)c2ccc(I)c(Cl)c2)cc1Cl. The van der Waals surface area contributed by atoms with Crippen LogP contribution >= 0.6 is 45.8 Å². The molecule has 0 aliphatic rings. The summed E-state index contributed by atoms with van der Waals surface area (Å²) in [6, 6.07) is 10.7. The number of benzene rings is 2. The molecule has 1 unspecified atom stereocenters. The van der Waals surface area contributed by atoms with Gasteiger partial charge in [0.1, 0.15) is 11.9 Å². The molecule has 19 heavy (non-hydrogen) atoms. The summed E-state index contributed by atoms with van der Waals surface area (Å²) in [5, 5.41) is 11.4. The fraction of sp³-hybridized carbons (Fsp3) is 0.143. The maximum absolute atomic E-state index is 10.3. The van der Waals surface area contributed by atoms with Crippen molar-refractivity contribution in [2.45, 2.75) is 6.10 Å². The molecule has 2 aromatic carbocycles. The fourth-order valence-corrected chi connectivity index (χ4v) is 2.52. The van der Waals surface area contributed by atoms with Crippen LogP contribution in [0, 0.1) is 3.57 Å². The molecule has 0 radical (unpaired) electrons. The maximum Gasteiger partial charge on any atom is 0.137 e. The van der Waals surface area contributed by atoms with Gasteiger partial charge in [-0.3, -0.25) is 0 Å². The average Bonchev–Trinajstić information content (AvgIpc) is 2.41. The molecule has 1 N–H and O–H groups in total. The first-order chi connectivity index (χ1) is 9.02. The topological polar surface area (TPSA) is 29.5 Å². The van der Waals surface area contributed by atoms with Crippen molar-refractivity contribution in [2.75, 3.05) is 7.11 Å². The fourth-order valence-electron chi connectivity index (χ4n) is 1.73. The molecular weight excluding hydrogens is 398 g/mol. The number of halogens is 3. The van der Waals surface area contributed by atoms with Crippen molar-refractivity contribution in [3.05, 3.63) is 61.1 Å². The van der Waals surface area contributed by atoms with Crippen molar-refractivity contribution in [1.82, 2.24) is 0 Å². The summed E-state index contributed by atoms with van der Waals surface area (Å²) in [5.41, 5.74) is 1.43. The number of aliphatic hydroxyl groups excluding tert-OH is 1. The molecule has 2 rings (SSSR count). The lowest BCUT2D eigenvalue weighted by atomic mass is 10.0. The zero-order chi connectivity index (χ0) is 14.0. The lowest BCUT2D eigenvalue weighted by Gasteiger charge is -2.14. The zero-order valence-corrected chi connectivity index (χ0v) is 13.7. The molecular formula is C14H11Cl2IO2. The van der Waals surface area contributed by atoms with Gasteiger partial charge in [-0.1, -0.05) is 35.3 Å². The smallest absolute Gasteiger partial charge is 0.137 e. The van der Waals surface area contributed by atoms with Crippen LogP contribution in [-0.2, 0) is 0 Å². The summed E-state index contributed by atoms with van der Waals surface area (Å²) in [4.78, 5) is 0. The van der Waals surface area contributed by atoms with Gasteiger partial charge in [-0.2, -0.15) is 0 Å². The van der Waals surface area contributed by atoms with Crippen LogP contribution < -0.4 is 4.74 Å². The van der Waals surface area contributed by atoms with Crippen molar-refractivity contribution in [3.8, 4) is 5.75 Å². The second kappa shape index (κ2) is 6.31. The number of hydrogen-bond acceptors (Lipinski definition) is 2. The highest BCUT2D eigenvalue weighted by atomic mass is 127. The minimum atomic E-state index is -0.766. The molecule has 0 amide bonds. The standard InChI is InChI=1S/C14H11Cl2IO2/c1-19-13-5-3-9(7-11(13)16)14(18)8-2-4-12(17)10(15)6-8/h2-7,14,18H,1H3. The largest absolute Gasteiger partial charge is 0.495 e. The number of aliphatic hydroxyl groups is 1. The van der Waals surface area contributed by atoms with Gasteiger partial charge in [0.15, 0.2) is 0 Å². The molecule has 0 spiro atoms. The summed E-state index contributed by atoms with van der Waals surface area (Å²) in [5.74, 6) is 0.582. The van der Waals surface area contributed by atoms with Crippen LogP contribution in [0.1, 0.15) is 17.2 Å². The Balaban J connectivity index is 2.35. The number of rotatable bonds is 3. The Labute approximate surface area is 135 Å². The van der Waals surface area contributed by atoms with E-state index >= 15 is 0 Å². The lowest BCUT2D eigenvalue weighted by Crippen LogP contribution is -2.00. The van der Waals surface area contributed by atoms with E-state index < -0.39 is 6.10 Å². The van der Waals surface area contributed by atoms with E-state index in [4.69, 9.17) is 27.9 Å². The van der Waals surface area contributed by atoms with Gasteiger partial charge in [0, 0.05) is 3.57 Å². The van der Waals surface area contributed by atoms with Crippen molar-refractivity contribution in [1.29, 1.82) is 0 Å². The summed E-state index contributed by atoms with van der Waals surface area (Å²) >= 11 is 14.3. The molecule has 5 heteroatoms. The van der Waals surface area contributed by atoms with E-state index in [-0.39, 0.29) is 0 Å². The van der Waals surface area contributed by atoms with Crippen molar-refractivity contribution in [3.63, 3.8) is 0 Å². The van der Waals surface area contributed by atoms with Gasteiger partial charge in [-0.25, -0.2) is 0 Å². The van der Waals surface area contributed by atoms with E-state index in [9.17, 15) is 5.11 Å². The Kier molecular flexibility index (Phi) is 4.95. The normalized spacial score (nSPS) is 12.3. The van der Waals surface area contributed by atoms with Crippen LogP contribution in [0.2, 0.25) is 10.0 Å². The van der Waals surface area contributed by atoms with Gasteiger partial charge >= 0.3 is 0 Å². The maximum atomic E-state index is 10.3. The molecule has 100 valence electrons. The predicted octanol–water partition coefficient (Wildman–Crippen LogP) is 4.69. The number of ether oxygens (including phenoxy) is 1. The van der Waals surface area contributed by atoms with Crippen molar-refractivity contribution < 1.29 is 9.84 Å². The molecule has 0 saturated heterocycles. The highest BCUT2D eigenvalue weighted by Gasteiger charge is 2.13. The summed E-state index contributed by atoms with van der Waals surface area (Å²) < 4.78 is 6.03. The van der Waals surface area contributed by atoms with Crippen LogP contribution in [0.3, 0.4) is 0 Å². The molecule has 2 aromatic rings. The monoisotopic (exact) mass is 408 g/mol. The van der Waals surface area contributed by atoms with E-state index in [1.165, 1.54) is 0 Å². The Morgan fingerprint density at radius 1 is 1.05 bits per heavy atom. The first-order valence-electron chi connectivity index (χ1n) is 5.49. The minimum Gasteiger partial charge on any atom is -0.495 e. The molecule has 0 aliphatic heterocycles. The van der Waals surface area contributed by atoms with Crippen LogP contribution in [0.25, 0.3) is 0 Å². The molecule has 0 aliphatic carbocycles. The van der Waals surface area contributed by atoms with Crippen molar-refractivity contribution >= 4 is 45.8 Å². The third-order valence-corrected chi connectivity index (χ3v) is 4.62. The Morgan fingerprint density at radius 3 is 2.16 bits per heavy atom. The Hall–Kier alpha value is -0.490. The summed E-state index contributed by atoms with van der Waals surface area (Å²) in [7, 11) is 1.55. The van der Waals surface area contributed by atoms with Crippen LogP contribution in [0.15, 0.2) is 36.4 Å². The molecule has 0 saturated carbocycles. The zero-order valence-electron chi connectivity index (χ0n) is 10.0. The van der Waals surface area contributed by atoms with E-state index in [0.717, 1.165) is 9.13 Å². The van der Waals surface area contributed by atoms with E-state index in [1.54, 1.807) is 31.4 Å². The molecule has 0 heterocycles. The third-order valence-electron chi connectivity index (χ3n) is 2.75. The van der Waals surface area contributed by atoms with E-state index in [1.807, 2.05) is 12.1 Å². The second-order valence-electron chi connectivity index (χ2n) is 3.97. The Bertz CT molecular complexity index is 602. The van der Waals surface area contributed by atoms with Gasteiger partial charge < -0.3 is 9.84 Å². The van der Waals surface area contributed by atoms with Gasteiger partial charge in [0.2, 0.25) is 0 Å². The average molecular weight is 409 g/mol. The minimum absolute atomic E-state index is 0.468. The van der Waals surface area contributed by atoms with Crippen LogP contribution in [0.5, 0.6) is 5.75 Å². The molecule has 1 atom stereocenters. The van der Waals surface area contributed by atoms with Crippen molar-refractivity contribution in [2.24, 2.45) is 0 Å². The second-order valence-corrected chi connectivity index (χ2v) is 5.95. The molecule has 2 nitrogen and oxygen atoms in total. The van der Waals surface area contributed by atoms with E-state index in [2.05, 4.69) is 22.6 Å². The van der Waals surface area contributed by atoms with Gasteiger partial charge in [0.25, 0.3) is 0 Å². The highest BCUT2D eigenvalue weighted by molar-refractivity contribution is 14.1. The Morgan fingerprint density at radius 2 is 1.63 bits per heavy atom. The van der Waals surface area contributed by atoms with Crippen LogP contribution in [-0.4, -0.2) is 12.2 Å². The molecule has 0 bridgehead atoms. The first-order valence-corrected chi connectivity index (χ1v) is 7.33. The van der Waals surface area contributed by atoms with Gasteiger partial charge in [-0.15, -0.1) is 0 Å². The first kappa shape index (κ1) is 14.9. The molecule has 0 fully saturated rings.